The van der Waals surface area contributed by atoms with Gasteiger partial charge in [0.1, 0.15) is 16.7 Å². The topological polar surface area (TPSA) is 73.2 Å². The van der Waals surface area contributed by atoms with Crippen molar-refractivity contribution in [3.63, 3.8) is 0 Å². The summed E-state index contributed by atoms with van der Waals surface area (Å²) in [5.74, 6) is -0.803. The van der Waals surface area contributed by atoms with Gasteiger partial charge in [-0.2, -0.15) is 5.26 Å². The van der Waals surface area contributed by atoms with E-state index in [0.29, 0.717) is 27.8 Å². The number of nitriles is 1. The molecule has 1 aliphatic heterocycles. The number of benzene rings is 3. The lowest BCUT2D eigenvalue weighted by Gasteiger charge is -2.19. The Kier molecular flexibility index (Phi) is 7.51. The van der Waals surface area contributed by atoms with Crippen LogP contribution in [0.3, 0.4) is 0 Å². The van der Waals surface area contributed by atoms with Gasteiger partial charge < -0.3 is 5.32 Å². The number of nitrogens with one attached hydrogen (secondary N) is 1. The normalized spacial score (nSPS) is 16.7. The molecular weight excluding hydrogens is 501 g/mol. The van der Waals surface area contributed by atoms with Crippen LogP contribution in [-0.2, 0) is 16.0 Å². The third kappa shape index (κ3) is 5.23. The minimum Gasteiger partial charge on any atom is -0.321 e. The van der Waals surface area contributed by atoms with Crippen molar-refractivity contribution < 1.29 is 9.59 Å². The molecule has 4 rings (SSSR count). The molecule has 8 heteroatoms. The molecule has 176 valence electrons. The fourth-order valence-corrected chi connectivity index (χ4v) is 5.57. The van der Waals surface area contributed by atoms with Crippen molar-refractivity contribution in [3.05, 3.63) is 104 Å². The van der Waals surface area contributed by atoms with E-state index in [9.17, 15) is 14.9 Å². The van der Waals surface area contributed by atoms with E-state index in [-0.39, 0.29) is 16.5 Å². The summed E-state index contributed by atoms with van der Waals surface area (Å²) >= 11 is 13.7. The Balaban J connectivity index is 1.75. The van der Waals surface area contributed by atoms with Gasteiger partial charge in [0, 0.05) is 21.4 Å². The Morgan fingerprint density at radius 3 is 2.40 bits per heavy atom. The molecule has 1 fully saturated rings. The minimum absolute atomic E-state index is 0.130. The van der Waals surface area contributed by atoms with E-state index >= 15 is 0 Å². The molecule has 35 heavy (non-hydrogen) atoms. The third-order valence-corrected chi connectivity index (χ3v) is 7.52. The molecule has 1 aliphatic rings. The second-order valence-electron chi connectivity index (χ2n) is 8.07. The second-order valence-corrected chi connectivity index (χ2v) is 10.1. The highest BCUT2D eigenvalue weighted by atomic mass is 35.5. The monoisotopic (exact) mass is 521 g/mol. The number of halogens is 2. The van der Waals surface area contributed by atoms with Crippen molar-refractivity contribution >= 4 is 58.2 Å². The summed E-state index contributed by atoms with van der Waals surface area (Å²) in [5, 5.41) is 13.6. The summed E-state index contributed by atoms with van der Waals surface area (Å²) in [6.07, 6.45) is 0.299. The molecule has 1 N–H and O–H groups in total. The highest BCUT2D eigenvalue weighted by Gasteiger charge is 2.41. The lowest BCUT2D eigenvalue weighted by atomic mass is 10.1. The van der Waals surface area contributed by atoms with Gasteiger partial charge in [0.2, 0.25) is 5.91 Å². The van der Waals surface area contributed by atoms with Crippen molar-refractivity contribution in [1.29, 1.82) is 5.26 Å². The highest BCUT2D eigenvalue weighted by Crippen LogP contribution is 2.42. The fourth-order valence-electron chi connectivity index (χ4n) is 3.89. The zero-order chi connectivity index (χ0) is 25.1. The SMILES string of the molecule is Cc1cccc(C)c1NC(=O)/C(C#N)=C1\S[C@H](Cc2cc(Cl)ccc2Cl)C(=O)N1c1ccccc1. The number of hydrogen-bond acceptors (Lipinski definition) is 4. The predicted molar refractivity (Wildman–Crippen MR) is 143 cm³/mol. The molecule has 1 atom stereocenters. The van der Waals surface area contributed by atoms with Crippen molar-refractivity contribution in [2.75, 3.05) is 10.2 Å². The van der Waals surface area contributed by atoms with Crippen LogP contribution in [0.4, 0.5) is 11.4 Å². The summed E-state index contributed by atoms with van der Waals surface area (Å²) in [6, 6.07) is 21.8. The van der Waals surface area contributed by atoms with Crippen LogP contribution in [0.25, 0.3) is 0 Å². The summed E-state index contributed by atoms with van der Waals surface area (Å²) in [7, 11) is 0. The van der Waals surface area contributed by atoms with Crippen LogP contribution in [0.15, 0.2) is 77.3 Å². The zero-order valence-electron chi connectivity index (χ0n) is 19.0. The Hall–Kier alpha value is -3.24. The van der Waals surface area contributed by atoms with Gasteiger partial charge in [-0.1, -0.05) is 71.4 Å². The smallest absolute Gasteiger partial charge is 0.269 e. The summed E-state index contributed by atoms with van der Waals surface area (Å²) in [4.78, 5) is 28.3. The van der Waals surface area contributed by atoms with E-state index in [1.165, 1.54) is 16.7 Å². The van der Waals surface area contributed by atoms with E-state index < -0.39 is 11.2 Å². The number of amides is 2. The number of anilines is 2. The maximum Gasteiger partial charge on any atom is 0.269 e. The quantitative estimate of drug-likeness (QED) is 0.300. The number of rotatable bonds is 5. The van der Waals surface area contributed by atoms with E-state index in [1.807, 2.05) is 44.2 Å². The van der Waals surface area contributed by atoms with Crippen LogP contribution < -0.4 is 10.2 Å². The number of thioether (sulfide) groups is 1. The standard InChI is InChI=1S/C27H21Cl2N3O2S/c1-16-7-6-8-17(2)24(16)31-25(33)21(15-30)27-32(20-9-4-3-5-10-20)26(34)23(35-27)14-18-13-19(28)11-12-22(18)29/h3-13,23H,14H2,1-2H3,(H,31,33)/b27-21-/t23-/m1/s1. The Labute approximate surface area is 218 Å². The predicted octanol–water partition coefficient (Wildman–Crippen LogP) is 6.68. The number of hydrogen-bond donors (Lipinski definition) is 1. The molecular formula is C27H21Cl2N3O2S. The average molecular weight is 522 g/mol. The van der Waals surface area contributed by atoms with Crippen LogP contribution in [0.1, 0.15) is 16.7 Å². The van der Waals surface area contributed by atoms with Crippen molar-refractivity contribution in [3.8, 4) is 6.07 Å². The van der Waals surface area contributed by atoms with E-state index in [0.717, 1.165) is 16.7 Å². The molecule has 2 amide bonds. The molecule has 3 aromatic carbocycles. The first kappa shape index (κ1) is 24.9. The molecule has 1 saturated heterocycles. The van der Waals surface area contributed by atoms with E-state index in [4.69, 9.17) is 23.2 Å². The lowest BCUT2D eigenvalue weighted by molar-refractivity contribution is -0.117. The summed E-state index contributed by atoms with van der Waals surface area (Å²) < 4.78 is 0. The maximum atomic E-state index is 13.6. The number of carbonyl (C=O) groups is 2. The van der Waals surface area contributed by atoms with E-state index in [2.05, 4.69) is 5.32 Å². The molecule has 0 aromatic heterocycles. The molecule has 0 spiro atoms. The van der Waals surface area contributed by atoms with Gasteiger partial charge in [-0.05, 0) is 67.3 Å². The Bertz CT molecular complexity index is 1360. The minimum atomic E-state index is -0.586. The molecule has 1 heterocycles. The van der Waals surface area contributed by atoms with Gasteiger partial charge in [-0.3, -0.25) is 14.5 Å². The fraction of sp³-hybridized carbons (Fsp3) is 0.148. The van der Waals surface area contributed by atoms with Crippen molar-refractivity contribution in [2.45, 2.75) is 25.5 Å². The first-order valence-electron chi connectivity index (χ1n) is 10.8. The van der Waals surface area contributed by atoms with Crippen LogP contribution in [0, 0.1) is 25.2 Å². The van der Waals surface area contributed by atoms with Gasteiger partial charge in [0.15, 0.2) is 0 Å². The number of carbonyl (C=O) groups excluding carboxylic acids is 2. The highest BCUT2D eigenvalue weighted by molar-refractivity contribution is 8.05. The van der Waals surface area contributed by atoms with Gasteiger partial charge in [0.25, 0.3) is 5.91 Å². The number of para-hydroxylation sites is 2. The summed E-state index contributed by atoms with van der Waals surface area (Å²) in [6.45, 7) is 3.77. The van der Waals surface area contributed by atoms with Crippen molar-refractivity contribution in [2.24, 2.45) is 0 Å². The molecule has 0 bridgehead atoms. The van der Waals surface area contributed by atoms with Gasteiger partial charge in [0.05, 0.1) is 5.25 Å². The van der Waals surface area contributed by atoms with Crippen LogP contribution >= 0.6 is 35.0 Å². The first-order chi connectivity index (χ1) is 16.8. The molecule has 0 saturated carbocycles. The second kappa shape index (κ2) is 10.6. The van der Waals surface area contributed by atoms with Crippen molar-refractivity contribution in [1.82, 2.24) is 0 Å². The molecule has 0 unspecified atom stereocenters. The summed E-state index contributed by atoms with van der Waals surface area (Å²) in [5.41, 5.74) is 3.57. The number of nitrogens with zero attached hydrogens (tertiary/aromatic N) is 2. The maximum absolute atomic E-state index is 13.6. The lowest BCUT2D eigenvalue weighted by Crippen LogP contribution is -2.31. The van der Waals surface area contributed by atoms with Gasteiger partial charge >= 0.3 is 0 Å². The van der Waals surface area contributed by atoms with E-state index in [1.54, 1.807) is 42.5 Å². The molecule has 0 radical (unpaired) electrons. The largest absolute Gasteiger partial charge is 0.321 e. The molecule has 0 aliphatic carbocycles. The Morgan fingerprint density at radius 2 is 1.74 bits per heavy atom. The first-order valence-corrected chi connectivity index (χ1v) is 12.4. The van der Waals surface area contributed by atoms with Gasteiger partial charge in [-0.25, -0.2) is 0 Å². The molecule has 3 aromatic rings. The zero-order valence-corrected chi connectivity index (χ0v) is 21.3. The van der Waals surface area contributed by atoms with Crippen LogP contribution in [0.5, 0.6) is 0 Å². The van der Waals surface area contributed by atoms with Crippen LogP contribution in [0.2, 0.25) is 10.0 Å². The average Bonchev–Trinajstić information content (AvgIpc) is 3.15. The van der Waals surface area contributed by atoms with Crippen LogP contribution in [-0.4, -0.2) is 17.1 Å². The molecule has 5 nitrogen and oxygen atoms in total. The third-order valence-electron chi connectivity index (χ3n) is 5.65. The number of aryl methyl sites for hydroxylation is 2. The Morgan fingerprint density at radius 1 is 1.06 bits per heavy atom. The van der Waals surface area contributed by atoms with Gasteiger partial charge in [-0.15, -0.1) is 0 Å².